The van der Waals surface area contributed by atoms with Gasteiger partial charge >= 0.3 is 6.18 Å². The van der Waals surface area contributed by atoms with Gasteiger partial charge in [0.15, 0.2) is 5.82 Å². The number of benzene rings is 3. The predicted octanol–water partition coefficient (Wildman–Crippen LogP) is 6.88. The van der Waals surface area contributed by atoms with Gasteiger partial charge in [-0.05, 0) is 61.5 Å². The number of aryl methyl sites for hydroxylation is 1. The van der Waals surface area contributed by atoms with E-state index in [9.17, 15) is 13.2 Å². The van der Waals surface area contributed by atoms with E-state index in [-0.39, 0.29) is 11.6 Å². The fourth-order valence-electron chi connectivity index (χ4n) is 3.51. The van der Waals surface area contributed by atoms with E-state index in [1.807, 2.05) is 61.5 Å². The molecule has 0 aliphatic rings. The van der Waals surface area contributed by atoms with Crippen LogP contribution in [-0.2, 0) is 6.18 Å². The number of aromatic nitrogens is 4. The number of ether oxygens (including phenoxy) is 1. The van der Waals surface area contributed by atoms with Crippen LogP contribution in [0.15, 0.2) is 78.9 Å². The maximum absolute atomic E-state index is 12.9. The normalized spacial score (nSPS) is 11.5. The smallest absolute Gasteiger partial charge is 0.416 e. The van der Waals surface area contributed by atoms with Gasteiger partial charge in [-0.2, -0.15) is 18.2 Å². The van der Waals surface area contributed by atoms with Gasteiger partial charge in [-0.25, -0.2) is 0 Å². The molecule has 0 fully saturated rings. The molecule has 3 aromatic carbocycles. The molecule has 0 saturated heterocycles. The minimum absolute atomic E-state index is 0.161. The molecule has 2 aromatic heterocycles. The van der Waals surface area contributed by atoms with E-state index < -0.39 is 11.7 Å². The molecule has 0 aliphatic carbocycles. The first-order chi connectivity index (χ1) is 16.3. The van der Waals surface area contributed by atoms with E-state index in [1.165, 1.54) is 12.1 Å². The van der Waals surface area contributed by atoms with Crippen LogP contribution in [0, 0.1) is 6.92 Å². The Kier molecular flexibility index (Phi) is 5.37. The molecule has 0 amide bonds. The average Bonchev–Trinajstić information content (AvgIpc) is 3.27. The summed E-state index contributed by atoms with van der Waals surface area (Å²) in [7, 11) is 0. The molecule has 34 heavy (non-hydrogen) atoms. The molecule has 5 rings (SSSR count). The standard InChI is InChI=1S/C25H18F3N5O/c1-15-13-22(20-7-2-3-8-21(20)29-15)34-19-11-9-16(10-12-19)23-31-24(33-32-23)30-18-6-4-5-17(14-18)25(26,27)28/h2-14H,1H3,(H2,30,31,32,33). The number of nitrogens with one attached hydrogen (secondary N) is 2. The zero-order valence-corrected chi connectivity index (χ0v) is 17.9. The number of anilines is 2. The number of aromatic amines is 1. The van der Waals surface area contributed by atoms with Crippen molar-refractivity contribution in [2.24, 2.45) is 0 Å². The van der Waals surface area contributed by atoms with E-state index in [0.29, 0.717) is 17.3 Å². The Bertz CT molecular complexity index is 1460. The van der Waals surface area contributed by atoms with E-state index >= 15 is 0 Å². The van der Waals surface area contributed by atoms with Crippen molar-refractivity contribution >= 4 is 22.5 Å². The lowest BCUT2D eigenvalue weighted by Gasteiger charge is -2.10. The Balaban J connectivity index is 1.33. The number of hydrogen-bond acceptors (Lipinski definition) is 5. The number of hydrogen-bond donors (Lipinski definition) is 2. The maximum Gasteiger partial charge on any atom is 0.416 e. The molecule has 0 atom stereocenters. The number of fused-ring (bicyclic) bond motifs is 1. The molecule has 170 valence electrons. The van der Waals surface area contributed by atoms with Crippen LogP contribution < -0.4 is 10.1 Å². The largest absolute Gasteiger partial charge is 0.457 e. The number of halogens is 3. The van der Waals surface area contributed by atoms with Gasteiger partial charge in [0.25, 0.3) is 0 Å². The Morgan fingerprint density at radius 2 is 1.68 bits per heavy atom. The third kappa shape index (κ3) is 4.54. The van der Waals surface area contributed by atoms with Crippen LogP contribution in [0.3, 0.4) is 0 Å². The molecule has 0 bridgehead atoms. The Labute approximate surface area is 192 Å². The Morgan fingerprint density at radius 1 is 0.882 bits per heavy atom. The molecular formula is C25H18F3N5O. The quantitative estimate of drug-likeness (QED) is 0.298. The Hall–Kier alpha value is -4.40. The molecule has 6 nitrogen and oxygen atoms in total. The molecular weight excluding hydrogens is 443 g/mol. The Morgan fingerprint density at radius 3 is 2.47 bits per heavy atom. The zero-order valence-electron chi connectivity index (χ0n) is 17.9. The average molecular weight is 461 g/mol. The zero-order chi connectivity index (χ0) is 23.7. The highest BCUT2D eigenvalue weighted by Crippen LogP contribution is 2.32. The van der Waals surface area contributed by atoms with Gasteiger partial charge in [0.2, 0.25) is 5.95 Å². The first-order valence-electron chi connectivity index (χ1n) is 10.4. The minimum atomic E-state index is -4.42. The van der Waals surface area contributed by atoms with E-state index in [1.54, 1.807) is 0 Å². The molecule has 0 spiro atoms. The summed E-state index contributed by atoms with van der Waals surface area (Å²) in [4.78, 5) is 8.85. The number of para-hydroxylation sites is 1. The summed E-state index contributed by atoms with van der Waals surface area (Å²) >= 11 is 0. The van der Waals surface area contributed by atoms with E-state index in [4.69, 9.17) is 4.74 Å². The SMILES string of the molecule is Cc1cc(Oc2ccc(-c3nc(Nc4cccc(C(F)(F)F)c4)n[nH]3)cc2)c2ccccc2n1. The van der Waals surface area contributed by atoms with Crippen molar-refractivity contribution in [1.29, 1.82) is 0 Å². The summed E-state index contributed by atoms with van der Waals surface area (Å²) in [5.41, 5.74) is 1.95. The van der Waals surface area contributed by atoms with Crippen LogP contribution in [0.2, 0.25) is 0 Å². The monoisotopic (exact) mass is 461 g/mol. The predicted molar refractivity (Wildman–Crippen MR) is 123 cm³/mol. The number of alkyl halides is 3. The molecule has 0 unspecified atom stereocenters. The van der Waals surface area contributed by atoms with Gasteiger partial charge in [0.05, 0.1) is 11.1 Å². The second kappa shape index (κ2) is 8.51. The summed E-state index contributed by atoms with van der Waals surface area (Å²) in [6.07, 6.45) is -4.42. The van der Waals surface area contributed by atoms with Crippen molar-refractivity contribution < 1.29 is 17.9 Å². The molecule has 0 aliphatic heterocycles. The van der Waals surface area contributed by atoms with E-state index in [0.717, 1.165) is 34.3 Å². The van der Waals surface area contributed by atoms with Gasteiger partial charge in [-0.3, -0.25) is 10.1 Å². The third-order valence-corrected chi connectivity index (χ3v) is 5.09. The van der Waals surface area contributed by atoms with Crippen LogP contribution in [0.1, 0.15) is 11.3 Å². The van der Waals surface area contributed by atoms with Crippen LogP contribution in [0.4, 0.5) is 24.8 Å². The van der Waals surface area contributed by atoms with Gasteiger partial charge < -0.3 is 10.1 Å². The van der Waals surface area contributed by atoms with Gasteiger partial charge in [0, 0.05) is 28.4 Å². The summed E-state index contributed by atoms with van der Waals surface area (Å²) in [6, 6.07) is 21.8. The second-order valence-corrected chi connectivity index (χ2v) is 7.62. The second-order valence-electron chi connectivity index (χ2n) is 7.62. The molecule has 9 heteroatoms. The molecule has 5 aromatic rings. The highest BCUT2D eigenvalue weighted by Gasteiger charge is 2.30. The fourth-order valence-corrected chi connectivity index (χ4v) is 3.51. The van der Waals surface area contributed by atoms with Crippen molar-refractivity contribution in [2.75, 3.05) is 5.32 Å². The summed E-state index contributed by atoms with van der Waals surface area (Å²) in [5, 5.41) is 10.5. The van der Waals surface area contributed by atoms with Gasteiger partial charge in [-0.1, -0.05) is 18.2 Å². The van der Waals surface area contributed by atoms with Crippen molar-refractivity contribution in [3.05, 3.63) is 90.1 Å². The molecule has 0 saturated carbocycles. The van der Waals surface area contributed by atoms with E-state index in [2.05, 4.69) is 25.5 Å². The van der Waals surface area contributed by atoms with Crippen molar-refractivity contribution in [2.45, 2.75) is 13.1 Å². The maximum atomic E-state index is 12.9. The molecule has 0 radical (unpaired) electrons. The molecule has 2 N–H and O–H groups in total. The lowest BCUT2D eigenvalue weighted by molar-refractivity contribution is -0.137. The van der Waals surface area contributed by atoms with Gasteiger partial charge in [-0.15, -0.1) is 5.10 Å². The topological polar surface area (TPSA) is 75.7 Å². The van der Waals surface area contributed by atoms with Gasteiger partial charge in [0.1, 0.15) is 11.5 Å². The number of nitrogens with zero attached hydrogens (tertiary/aromatic N) is 3. The first kappa shape index (κ1) is 21.4. The van der Waals surface area contributed by atoms with Crippen LogP contribution in [0.25, 0.3) is 22.3 Å². The third-order valence-electron chi connectivity index (χ3n) is 5.09. The van der Waals surface area contributed by atoms with Crippen molar-refractivity contribution in [3.63, 3.8) is 0 Å². The summed E-state index contributed by atoms with van der Waals surface area (Å²) in [5.74, 6) is 1.98. The van der Waals surface area contributed by atoms with Crippen molar-refractivity contribution in [3.8, 4) is 22.9 Å². The first-order valence-corrected chi connectivity index (χ1v) is 10.4. The summed E-state index contributed by atoms with van der Waals surface area (Å²) < 4.78 is 44.9. The highest BCUT2D eigenvalue weighted by molar-refractivity contribution is 5.85. The fraction of sp³-hybridized carbons (Fsp3) is 0.0800. The molecule has 2 heterocycles. The van der Waals surface area contributed by atoms with Crippen LogP contribution in [0.5, 0.6) is 11.5 Å². The highest BCUT2D eigenvalue weighted by atomic mass is 19.4. The van der Waals surface area contributed by atoms with Crippen LogP contribution >= 0.6 is 0 Å². The minimum Gasteiger partial charge on any atom is -0.457 e. The number of H-pyrrole nitrogens is 1. The number of pyridine rings is 1. The van der Waals surface area contributed by atoms with Crippen LogP contribution in [-0.4, -0.2) is 20.2 Å². The lowest BCUT2D eigenvalue weighted by atomic mass is 10.2. The number of rotatable bonds is 5. The summed E-state index contributed by atoms with van der Waals surface area (Å²) in [6.45, 7) is 1.91. The van der Waals surface area contributed by atoms with Crippen molar-refractivity contribution in [1.82, 2.24) is 20.2 Å². The lowest BCUT2D eigenvalue weighted by Crippen LogP contribution is -2.05.